The van der Waals surface area contributed by atoms with Crippen molar-refractivity contribution in [3.05, 3.63) is 16.1 Å². The molecule has 0 radical (unpaired) electrons. The zero-order valence-corrected chi connectivity index (χ0v) is 9.99. The summed E-state index contributed by atoms with van der Waals surface area (Å²) in [7, 11) is 0. The van der Waals surface area contributed by atoms with Crippen LogP contribution in [0.2, 0.25) is 10.0 Å². The Kier molecular flexibility index (Phi) is 2.69. The van der Waals surface area contributed by atoms with Crippen LogP contribution in [-0.2, 0) is 0 Å². The van der Waals surface area contributed by atoms with Crippen molar-refractivity contribution in [3.63, 3.8) is 0 Å². The van der Waals surface area contributed by atoms with Gasteiger partial charge in [0.15, 0.2) is 0 Å². The Labute approximate surface area is 99.0 Å². The van der Waals surface area contributed by atoms with Gasteiger partial charge in [-0.3, -0.25) is 0 Å². The first-order valence-electron chi connectivity index (χ1n) is 4.86. The van der Waals surface area contributed by atoms with Crippen molar-refractivity contribution < 1.29 is 0 Å². The molecule has 3 nitrogen and oxygen atoms in total. The highest BCUT2D eigenvalue weighted by Crippen LogP contribution is 2.45. The van der Waals surface area contributed by atoms with Gasteiger partial charge in [0.05, 0.1) is 10.0 Å². The summed E-state index contributed by atoms with van der Waals surface area (Å²) in [4.78, 5) is 4.11. The number of aromatic nitrogens is 1. The highest BCUT2D eigenvalue weighted by Gasteiger charge is 2.36. The Morgan fingerprint density at radius 2 is 2.13 bits per heavy atom. The summed E-state index contributed by atoms with van der Waals surface area (Å²) in [6, 6.07) is 1.61. The molecule has 1 heterocycles. The van der Waals surface area contributed by atoms with E-state index in [2.05, 4.69) is 17.2 Å². The molecule has 1 saturated carbocycles. The zero-order chi connectivity index (χ0) is 11.1. The number of hydrogen-bond donors (Lipinski definition) is 2. The van der Waals surface area contributed by atoms with E-state index < -0.39 is 0 Å². The molecule has 0 bridgehead atoms. The first-order valence-corrected chi connectivity index (χ1v) is 5.61. The van der Waals surface area contributed by atoms with Gasteiger partial charge in [-0.15, -0.1) is 0 Å². The van der Waals surface area contributed by atoms with Gasteiger partial charge in [0.25, 0.3) is 0 Å². The topological polar surface area (TPSA) is 50.9 Å². The van der Waals surface area contributed by atoms with E-state index >= 15 is 0 Å². The molecule has 1 aromatic rings. The molecule has 1 aromatic heterocycles. The third-order valence-electron chi connectivity index (χ3n) is 2.74. The minimum Gasteiger partial charge on any atom is -0.382 e. The molecule has 0 atom stereocenters. The number of nitrogen functional groups attached to an aromatic ring is 1. The summed E-state index contributed by atoms with van der Waals surface area (Å²) < 4.78 is 0. The van der Waals surface area contributed by atoms with Crippen molar-refractivity contribution >= 4 is 34.8 Å². The molecule has 5 heteroatoms. The van der Waals surface area contributed by atoms with Crippen molar-refractivity contribution in [2.24, 2.45) is 5.41 Å². The van der Waals surface area contributed by atoms with Crippen LogP contribution in [0.3, 0.4) is 0 Å². The maximum Gasteiger partial charge on any atom is 0.147 e. The smallest absolute Gasteiger partial charge is 0.147 e. The molecule has 1 aliphatic rings. The molecule has 0 amide bonds. The van der Waals surface area contributed by atoms with E-state index in [1.165, 1.54) is 12.8 Å². The molecule has 1 aliphatic carbocycles. The number of nitrogens with zero attached hydrogens (tertiary/aromatic N) is 1. The second-order valence-corrected chi connectivity index (χ2v) is 5.16. The lowest BCUT2D eigenvalue weighted by Crippen LogP contribution is -2.13. The van der Waals surface area contributed by atoms with Gasteiger partial charge in [0, 0.05) is 6.54 Å². The van der Waals surface area contributed by atoms with Crippen LogP contribution >= 0.6 is 23.2 Å². The van der Waals surface area contributed by atoms with Crippen LogP contribution in [0.4, 0.5) is 11.6 Å². The van der Waals surface area contributed by atoms with Crippen molar-refractivity contribution in [1.82, 2.24) is 4.98 Å². The number of rotatable bonds is 3. The van der Waals surface area contributed by atoms with E-state index in [1.54, 1.807) is 6.07 Å². The van der Waals surface area contributed by atoms with Gasteiger partial charge >= 0.3 is 0 Å². The van der Waals surface area contributed by atoms with E-state index in [4.69, 9.17) is 28.9 Å². The van der Waals surface area contributed by atoms with Crippen molar-refractivity contribution in [2.45, 2.75) is 19.8 Å². The van der Waals surface area contributed by atoms with Gasteiger partial charge in [0.2, 0.25) is 0 Å². The summed E-state index contributed by atoms with van der Waals surface area (Å²) in [5.74, 6) is 0.927. The Morgan fingerprint density at radius 3 is 2.73 bits per heavy atom. The van der Waals surface area contributed by atoms with Crippen LogP contribution in [0.1, 0.15) is 19.8 Å². The van der Waals surface area contributed by atoms with Crippen LogP contribution in [0.5, 0.6) is 0 Å². The molecule has 0 aromatic carbocycles. The number of pyridine rings is 1. The lowest BCUT2D eigenvalue weighted by atomic mass is 10.1. The number of hydrogen-bond acceptors (Lipinski definition) is 3. The van der Waals surface area contributed by atoms with Gasteiger partial charge in [0.1, 0.15) is 11.6 Å². The molecular formula is C10H13Cl2N3. The van der Waals surface area contributed by atoms with Crippen molar-refractivity contribution in [2.75, 3.05) is 17.6 Å². The molecule has 0 spiro atoms. The minimum absolute atomic E-state index is 0.310. The molecule has 2 rings (SSSR count). The predicted octanol–water partition coefficient (Wildman–Crippen LogP) is 3.18. The molecule has 0 aliphatic heterocycles. The minimum atomic E-state index is 0.310. The van der Waals surface area contributed by atoms with Gasteiger partial charge in [-0.05, 0) is 24.3 Å². The van der Waals surface area contributed by atoms with E-state index in [0.29, 0.717) is 27.1 Å². The average Bonchev–Trinajstić information content (AvgIpc) is 2.89. The van der Waals surface area contributed by atoms with Crippen LogP contribution in [-0.4, -0.2) is 11.5 Å². The molecular weight excluding hydrogens is 233 g/mol. The molecule has 1 fully saturated rings. The molecule has 0 saturated heterocycles. The Morgan fingerprint density at radius 1 is 1.47 bits per heavy atom. The van der Waals surface area contributed by atoms with E-state index in [0.717, 1.165) is 6.54 Å². The molecule has 0 unspecified atom stereocenters. The Balaban J connectivity index is 2.10. The summed E-state index contributed by atoms with van der Waals surface area (Å²) in [6.07, 6.45) is 2.50. The first kappa shape index (κ1) is 10.8. The normalized spacial score (nSPS) is 17.5. The second kappa shape index (κ2) is 3.72. The van der Waals surface area contributed by atoms with Crippen molar-refractivity contribution in [3.8, 4) is 0 Å². The monoisotopic (exact) mass is 245 g/mol. The fraction of sp³-hybridized carbons (Fsp3) is 0.500. The first-order chi connectivity index (χ1) is 7.00. The van der Waals surface area contributed by atoms with E-state index in [-0.39, 0.29) is 0 Å². The summed E-state index contributed by atoms with van der Waals surface area (Å²) in [5, 5.41) is 4.11. The summed E-state index contributed by atoms with van der Waals surface area (Å²) in [5.41, 5.74) is 6.00. The highest BCUT2D eigenvalue weighted by molar-refractivity contribution is 6.37. The summed E-state index contributed by atoms with van der Waals surface area (Å²) >= 11 is 11.8. The lowest BCUT2D eigenvalue weighted by Gasteiger charge is -2.12. The maximum atomic E-state index is 5.99. The lowest BCUT2D eigenvalue weighted by molar-refractivity contribution is 0.609. The standard InChI is InChI=1S/C10H13Cl2N3/c1-10(2-3-10)5-14-9-7(12)4-6(11)8(13)15-9/h4H,2-3,5H2,1H3,(H3,13,14,15). The third-order valence-corrected chi connectivity index (χ3v) is 3.33. The fourth-order valence-electron chi connectivity index (χ4n) is 1.29. The van der Waals surface area contributed by atoms with Crippen LogP contribution < -0.4 is 11.1 Å². The Hall–Kier alpha value is -0.670. The molecule has 82 valence electrons. The second-order valence-electron chi connectivity index (χ2n) is 4.35. The maximum absolute atomic E-state index is 5.99. The van der Waals surface area contributed by atoms with Gasteiger partial charge in [-0.2, -0.15) is 0 Å². The molecule has 15 heavy (non-hydrogen) atoms. The Bertz CT molecular complexity index is 388. The number of anilines is 2. The van der Waals surface area contributed by atoms with Crippen molar-refractivity contribution in [1.29, 1.82) is 0 Å². The number of nitrogens with two attached hydrogens (primary N) is 1. The summed E-state index contributed by atoms with van der Waals surface area (Å²) in [6.45, 7) is 3.11. The third kappa shape index (κ3) is 2.47. The average molecular weight is 246 g/mol. The SMILES string of the molecule is CC1(CNc2nc(N)c(Cl)cc2Cl)CC1. The van der Waals surface area contributed by atoms with Crippen LogP contribution in [0.25, 0.3) is 0 Å². The zero-order valence-electron chi connectivity index (χ0n) is 8.48. The number of halogens is 2. The van der Waals surface area contributed by atoms with E-state index in [1.807, 2.05) is 0 Å². The fourth-order valence-corrected chi connectivity index (χ4v) is 1.72. The van der Waals surface area contributed by atoms with Gasteiger partial charge in [-0.1, -0.05) is 30.1 Å². The van der Waals surface area contributed by atoms with Crippen LogP contribution in [0.15, 0.2) is 6.07 Å². The largest absolute Gasteiger partial charge is 0.382 e. The predicted molar refractivity (Wildman–Crippen MR) is 64.5 cm³/mol. The molecule has 3 N–H and O–H groups in total. The van der Waals surface area contributed by atoms with Crippen LogP contribution in [0, 0.1) is 5.41 Å². The highest BCUT2D eigenvalue weighted by atomic mass is 35.5. The quantitative estimate of drug-likeness (QED) is 0.861. The van der Waals surface area contributed by atoms with E-state index in [9.17, 15) is 0 Å². The number of nitrogens with one attached hydrogen (secondary N) is 1. The van der Waals surface area contributed by atoms with Gasteiger partial charge in [-0.25, -0.2) is 4.98 Å². The van der Waals surface area contributed by atoms with Gasteiger partial charge < -0.3 is 11.1 Å².